The summed E-state index contributed by atoms with van der Waals surface area (Å²) in [4.78, 5) is 0. The van der Waals surface area contributed by atoms with E-state index < -0.39 is 11.7 Å². The lowest BCUT2D eigenvalue weighted by molar-refractivity contribution is -0.137. The van der Waals surface area contributed by atoms with Gasteiger partial charge in [-0.25, -0.2) is 0 Å². The molecule has 1 heterocycles. The monoisotopic (exact) mass is 305 g/mol. The Morgan fingerprint density at radius 2 is 1.73 bits per heavy atom. The Morgan fingerprint density at radius 3 is 2.41 bits per heavy atom. The maximum absolute atomic E-state index is 12.8. The summed E-state index contributed by atoms with van der Waals surface area (Å²) in [6.45, 7) is 0. The molecular formula is C14H10F3N5. The van der Waals surface area contributed by atoms with Crippen molar-refractivity contribution in [1.29, 1.82) is 0 Å². The summed E-state index contributed by atoms with van der Waals surface area (Å²) in [5.41, 5.74) is 6.30. The van der Waals surface area contributed by atoms with Crippen LogP contribution in [-0.4, -0.2) is 20.2 Å². The molecular weight excluding hydrogens is 295 g/mol. The van der Waals surface area contributed by atoms with Crippen LogP contribution in [-0.2, 0) is 6.18 Å². The second kappa shape index (κ2) is 5.14. The van der Waals surface area contributed by atoms with Gasteiger partial charge >= 0.3 is 6.18 Å². The van der Waals surface area contributed by atoms with E-state index in [1.807, 2.05) is 0 Å². The highest BCUT2D eigenvalue weighted by Crippen LogP contribution is 2.31. The van der Waals surface area contributed by atoms with Crippen LogP contribution in [0, 0.1) is 0 Å². The zero-order chi connectivity index (χ0) is 15.7. The molecule has 0 unspecified atom stereocenters. The fourth-order valence-electron chi connectivity index (χ4n) is 1.99. The summed E-state index contributed by atoms with van der Waals surface area (Å²) in [7, 11) is 0. The molecule has 3 aromatic rings. The summed E-state index contributed by atoms with van der Waals surface area (Å²) < 4.78 is 39.7. The number of nitrogens with two attached hydrogens (primary N) is 1. The van der Waals surface area contributed by atoms with Crippen molar-refractivity contribution >= 4 is 5.69 Å². The Hall–Kier alpha value is -2.90. The number of anilines is 1. The minimum absolute atomic E-state index is 0.228. The maximum atomic E-state index is 12.8. The normalized spacial score (nSPS) is 11.6. The molecule has 8 heteroatoms. The fraction of sp³-hybridized carbons (Fsp3) is 0.0714. The molecule has 0 saturated carbocycles. The standard InChI is InChI=1S/C14H10F3N5/c15-14(16,17)10-2-1-3-12(8-10)22-13(19-20-21-22)9-4-6-11(18)7-5-9/h1-8H,18H2. The number of benzene rings is 2. The summed E-state index contributed by atoms with van der Waals surface area (Å²) >= 11 is 0. The van der Waals surface area contributed by atoms with Gasteiger partial charge in [0.2, 0.25) is 0 Å². The molecule has 22 heavy (non-hydrogen) atoms. The van der Waals surface area contributed by atoms with Crippen LogP contribution in [0.5, 0.6) is 0 Å². The zero-order valence-corrected chi connectivity index (χ0v) is 11.1. The first-order valence-electron chi connectivity index (χ1n) is 6.27. The zero-order valence-electron chi connectivity index (χ0n) is 11.1. The Morgan fingerprint density at radius 1 is 1.00 bits per heavy atom. The van der Waals surface area contributed by atoms with Gasteiger partial charge in [0.15, 0.2) is 5.82 Å². The van der Waals surface area contributed by atoms with Gasteiger partial charge in [0.05, 0.1) is 11.3 Å². The minimum Gasteiger partial charge on any atom is -0.399 e. The molecule has 2 N–H and O–H groups in total. The molecule has 0 aliphatic carbocycles. The lowest BCUT2D eigenvalue weighted by Gasteiger charge is -2.09. The molecule has 112 valence electrons. The molecule has 0 bridgehead atoms. The molecule has 0 amide bonds. The quantitative estimate of drug-likeness (QED) is 0.739. The van der Waals surface area contributed by atoms with Gasteiger partial charge in [-0.2, -0.15) is 17.9 Å². The van der Waals surface area contributed by atoms with Gasteiger partial charge in [0.1, 0.15) is 0 Å². The van der Waals surface area contributed by atoms with Crippen molar-refractivity contribution in [2.45, 2.75) is 6.18 Å². The van der Waals surface area contributed by atoms with Gasteiger partial charge in [-0.15, -0.1) is 5.10 Å². The third-order valence-corrected chi connectivity index (χ3v) is 3.06. The predicted molar refractivity (Wildman–Crippen MR) is 74.0 cm³/mol. The van der Waals surface area contributed by atoms with Crippen LogP contribution in [0.3, 0.4) is 0 Å². The Labute approximate surface area is 123 Å². The topological polar surface area (TPSA) is 69.6 Å². The number of rotatable bonds is 2. The Balaban J connectivity index is 2.07. The molecule has 0 radical (unpaired) electrons. The molecule has 5 nitrogen and oxygen atoms in total. The molecule has 0 saturated heterocycles. The first-order valence-corrected chi connectivity index (χ1v) is 6.27. The average Bonchev–Trinajstić information content (AvgIpc) is 2.97. The van der Waals surface area contributed by atoms with E-state index in [0.717, 1.165) is 12.1 Å². The molecule has 0 fully saturated rings. The third kappa shape index (κ3) is 2.62. The average molecular weight is 305 g/mol. The van der Waals surface area contributed by atoms with E-state index in [9.17, 15) is 13.2 Å². The number of hydrogen-bond donors (Lipinski definition) is 1. The number of nitrogens with zero attached hydrogens (tertiary/aromatic N) is 4. The largest absolute Gasteiger partial charge is 0.416 e. The lowest BCUT2D eigenvalue weighted by Crippen LogP contribution is -2.07. The van der Waals surface area contributed by atoms with Gasteiger partial charge in [-0.1, -0.05) is 6.07 Å². The van der Waals surface area contributed by atoms with E-state index in [4.69, 9.17) is 5.73 Å². The third-order valence-electron chi connectivity index (χ3n) is 3.06. The highest BCUT2D eigenvalue weighted by atomic mass is 19.4. The number of aromatic nitrogens is 4. The first-order chi connectivity index (χ1) is 10.4. The molecule has 1 aromatic heterocycles. The van der Waals surface area contributed by atoms with Crippen molar-refractivity contribution in [2.75, 3.05) is 5.73 Å². The van der Waals surface area contributed by atoms with Crippen molar-refractivity contribution in [2.24, 2.45) is 0 Å². The van der Waals surface area contributed by atoms with Crippen molar-refractivity contribution in [3.63, 3.8) is 0 Å². The number of nitrogen functional groups attached to an aromatic ring is 1. The summed E-state index contributed by atoms with van der Waals surface area (Å²) in [6.07, 6.45) is -4.43. The fourth-order valence-corrected chi connectivity index (χ4v) is 1.99. The molecule has 0 atom stereocenters. The van der Waals surface area contributed by atoms with Gasteiger partial charge < -0.3 is 5.73 Å². The van der Waals surface area contributed by atoms with Gasteiger partial charge in [0, 0.05) is 11.3 Å². The number of halogens is 3. The molecule has 0 aliphatic heterocycles. The second-order valence-corrected chi connectivity index (χ2v) is 4.58. The minimum atomic E-state index is -4.43. The molecule has 3 rings (SSSR count). The van der Waals surface area contributed by atoms with Gasteiger partial charge in [-0.05, 0) is 52.9 Å². The highest BCUT2D eigenvalue weighted by molar-refractivity contribution is 5.60. The van der Waals surface area contributed by atoms with Crippen LogP contribution in [0.1, 0.15) is 5.56 Å². The first kappa shape index (κ1) is 14.1. The Kier molecular flexibility index (Phi) is 3.28. The maximum Gasteiger partial charge on any atom is 0.416 e. The van der Waals surface area contributed by atoms with Crippen LogP contribution in [0.25, 0.3) is 17.1 Å². The van der Waals surface area contributed by atoms with Crippen molar-refractivity contribution in [1.82, 2.24) is 20.2 Å². The second-order valence-electron chi connectivity index (χ2n) is 4.58. The van der Waals surface area contributed by atoms with Crippen LogP contribution < -0.4 is 5.73 Å². The SMILES string of the molecule is Nc1ccc(-c2nnnn2-c2cccc(C(F)(F)F)c2)cc1. The van der Waals surface area contributed by atoms with E-state index in [1.54, 1.807) is 24.3 Å². The Bertz CT molecular complexity index is 793. The highest BCUT2D eigenvalue weighted by Gasteiger charge is 2.30. The van der Waals surface area contributed by atoms with E-state index in [1.165, 1.54) is 16.8 Å². The molecule has 2 aromatic carbocycles. The smallest absolute Gasteiger partial charge is 0.399 e. The van der Waals surface area contributed by atoms with E-state index >= 15 is 0 Å². The van der Waals surface area contributed by atoms with Gasteiger partial charge in [-0.3, -0.25) is 0 Å². The summed E-state index contributed by atoms with van der Waals surface area (Å²) in [5.74, 6) is 0.333. The van der Waals surface area contributed by atoms with Crippen molar-refractivity contribution < 1.29 is 13.2 Å². The van der Waals surface area contributed by atoms with Gasteiger partial charge in [0.25, 0.3) is 0 Å². The van der Waals surface area contributed by atoms with Crippen molar-refractivity contribution in [3.8, 4) is 17.1 Å². The molecule has 0 aliphatic rings. The molecule has 0 spiro atoms. The van der Waals surface area contributed by atoms with Crippen LogP contribution >= 0.6 is 0 Å². The van der Waals surface area contributed by atoms with E-state index in [0.29, 0.717) is 17.1 Å². The van der Waals surface area contributed by atoms with Crippen molar-refractivity contribution in [3.05, 3.63) is 54.1 Å². The van der Waals surface area contributed by atoms with E-state index in [2.05, 4.69) is 15.5 Å². The number of tetrazole rings is 1. The number of hydrogen-bond acceptors (Lipinski definition) is 4. The summed E-state index contributed by atoms with van der Waals surface area (Å²) in [6, 6.07) is 11.5. The van der Waals surface area contributed by atoms with Crippen LogP contribution in [0.4, 0.5) is 18.9 Å². The van der Waals surface area contributed by atoms with E-state index in [-0.39, 0.29) is 5.69 Å². The summed E-state index contributed by atoms with van der Waals surface area (Å²) in [5, 5.41) is 11.2. The van der Waals surface area contributed by atoms with Crippen LogP contribution in [0.15, 0.2) is 48.5 Å². The lowest BCUT2D eigenvalue weighted by atomic mass is 10.1. The van der Waals surface area contributed by atoms with Crippen LogP contribution in [0.2, 0.25) is 0 Å². The number of alkyl halides is 3. The predicted octanol–water partition coefficient (Wildman–Crippen LogP) is 2.93.